The van der Waals surface area contributed by atoms with Crippen LogP contribution < -0.4 is 11.1 Å². The number of piperidine rings is 2. The molecular weight excluding hydrogens is 320 g/mol. The third-order valence-corrected chi connectivity index (χ3v) is 4.83. The molecule has 0 aromatic carbocycles. The fourth-order valence-corrected chi connectivity index (χ4v) is 3.57. The highest BCUT2D eigenvalue weighted by atomic mass is 16.6. The third kappa shape index (κ3) is 7.20. The molecule has 25 heavy (non-hydrogen) atoms. The van der Waals surface area contributed by atoms with Crippen LogP contribution in [0.2, 0.25) is 0 Å². The Kier molecular flexibility index (Phi) is 7.07. The minimum Gasteiger partial charge on any atom is -0.444 e. The molecule has 0 aliphatic carbocycles. The number of hydrogen-bond donors (Lipinski definition) is 2. The quantitative estimate of drug-likeness (QED) is 0.774. The number of nitrogens with two attached hydrogens (primary N) is 1. The molecule has 2 fully saturated rings. The van der Waals surface area contributed by atoms with Crippen LogP contribution in [0.5, 0.6) is 0 Å². The number of carbonyl (C=O) groups excluding carboxylic acids is 2. The van der Waals surface area contributed by atoms with Gasteiger partial charge in [0.2, 0.25) is 5.91 Å². The van der Waals surface area contributed by atoms with E-state index in [2.05, 4.69) is 10.2 Å². The normalized spacial score (nSPS) is 23.5. The first-order valence-corrected chi connectivity index (χ1v) is 9.45. The van der Waals surface area contributed by atoms with Crippen LogP contribution in [0.15, 0.2) is 0 Å². The zero-order valence-electron chi connectivity index (χ0n) is 15.9. The summed E-state index contributed by atoms with van der Waals surface area (Å²) in [6, 6.07) is 0.487. The van der Waals surface area contributed by atoms with Crippen LogP contribution in [-0.4, -0.2) is 72.7 Å². The van der Waals surface area contributed by atoms with Crippen molar-refractivity contribution < 1.29 is 14.3 Å². The summed E-state index contributed by atoms with van der Waals surface area (Å²) in [5.74, 6) is 0.223. The first-order valence-electron chi connectivity index (χ1n) is 9.45. The fraction of sp³-hybridized carbons (Fsp3) is 0.889. The number of nitrogens with zero attached hydrogens (tertiary/aromatic N) is 2. The summed E-state index contributed by atoms with van der Waals surface area (Å²) in [6.45, 7) is 10.4. The summed E-state index contributed by atoms with van der Waals surface area (Å²) < 4.78 is 5.49. The summed E-state index contributed by atoms with van der Waals surface area (Å²) >= 11 is 0. The molecule has 2 amide bonds. The van der Waals surface area contributed by atoms with E-state index < -0.39 is 5.60 Å². The molecule has 0 aromatic heterocycles. The molecule has 7 nitrogen and oxygen atoms in total. The molecule has 2 aliphatic rings. The van der Waals surface area contributed by atoms with E-state index in [1.807, 2.05) is 25.7 Å². The Balaban J connectivity index is 1.69. The molecule has 2 saturated heterocycles. The van der Waals surface area contributed by atoms with Gasteiger partial charge in [-0.2, -0.15) is 0 Å². The smallest absolute Gasteiger partial charge is 0.410 e. The Morgan fingerprint density at radius 2 is 1.84 bits per heavy atom. The number of primary amides is 1. The van der Waals surface area contributed by atoms with E-state index >= 15 is 0 Å². The highest BCUT2D eigenvalue weighted by Gasteiger charge is 2.28. The van der Waals surface area contributed by atoms with Crippen LogP contribution in [0.3, 0.4) is 0 Å². The molecule has 144 valence electrons. The van der Waals surface area contributed by atoms with Crippen molar-refractivity contribution >= 4 is 12.0 Å². The largest absolute Gasteiger partial charge is 0.444 e. The number of likely N-dealkylation sites (tertiary alicyclic amines) is 2. The van der Waals surface area contributed by atoms with Crippen LogP contribution in [0.25, 0.3) is 0 Å². The Morgan fingerprint density at radius 3 is 2.44 bits per heavy atom. The minimum atomic E-state index is -0.443. The summed E-state index contributed by atoms with van der Waals surface area (Å²) in [5, 5.41) is 3.65. The average Bonchev–Trinajstić information content (AvgIpc) is 2.52. The molecule has 1 atom stereocenters. The molecule has 2 aliphatic heterocycles. The molecule has 0 saturated carbocycles. The van der Waals surface area contributed by atoms with Gasteiger partial charge in [0.15, 0.2) is 0 Å². The standard InChI is InChI=1S/C18H34N4O3/c1-18(2,3)25-17(24)22-8-4-5-14(12-22)11-20-15-6-9-21(10-7-15)13-16(19)23/h14-15,20H,4-13H2,1-3H3,(H2,19,23). The van der Waals surface area contributed by atoms with Gasteiger partial charge in [-0.1, -0.05) is 0 Å². The van der Waals surface area contributed by atoms with Crippen LogP contribution in [-0.2, 0) is 9.53 Å². The molecule has 0 radical (unpaired) electrons. The number of ether oxygens (including phenoxy) is 1. The number of hydrogen-bond acceptors (Lipinski definition) is 5. The number of nitrogens with one attached hydrogen (secondary N) is 1. The lowest BCUT2D eigenvalue weighted by Crippen LogP contribution is -2.48. The van der Waals surface area contributed by atoms with E-state index in [4.69, 9.17) is 10.5 Å². The fourth-order valence-electron chi connectivity index (χ4n) is 3.57. The molecule has 2 rings (SSSR count). The highest BCUT2D eigenvalue weighted by molar-refractivity contribution is 5.75. The molecular formula is C18H34N4O3. The molecule has 3 N–H and O–H groups in total. The van der Waals surface area contributed by atoms with Gasteiger partial charge in [0.25, 0.3) is 0 Å². The lowest BCUT2D eigenvalue weighted by Gasteiger charge is -2.36. The van der Waals surface area contributed by atoms with Crippen molar-refractivity contribution in [3.05, 3.63) is 0 Å². The predicted octanol–water partition coefficient (Wildman–Crippen LogP) is 1.17. The number of amides is 2. The Labute approximate surface area is 151 Å². The van der Waals surface area contributed by atoms with Crippen LogP contribution >= 0.6 is 0 Å². The monoisotopic (exact) mass is 354 g/mol. The van der Waals surface area contributed by atoms with Gasteiger partial charge >= 0.3 is 6.09 Å². The van der Waals surface area contributed by atoms with E-state index in [9.17, 15) is 9.59 Å². The number of rotatable bonds is 5. The highest BCUT2D eigenvalue weighted by Crippen LogP contribution is 2.19. The second kappa shape index (κ2) is 8.85. The van der Waals surface area contributed by atoms with Crippen LogP contribution in [0.1, 0.15) is 46.5 Å². The average molecular weight is 354 g/mol. The molecule has 2 heterocycles. The SMILES string of the molecule is CC(C)(C)OC(=O)N1CCCC(CNC2CCN(CC(N)=O)CC2)C1. The Hall–Kier alpha value is -1.34. The van der Waals surface area contributed by atoms with Gasteiger partial charge in [0.1, 0.15) is 5.60 Å². The van der Waals surface area contributed by atoms with E-state index in [0.717, 1.165) is 58.4 Å². The Morgan fingerprint density at radius 1 is 1.16 bits per heavy atom. The van der Waals surface area contributed by atoms with Gasteiger partial charge in [-0.3, -0.25) is 9.69 Å². The van der Waals surface area contributed by atoms with Gasteiger partial charge < -0.3 is 20.7 Å². The molecule has 0 spiro atoms. The second-order valence-corrected chi connectivity index (χ2v) is 8.36. The van der Waals surface area contributed by atoms with Gasteiger partial charge in [-0.15, -0.1) is 0 Å². The summed E-state index contributed by atoms with van der Waals surface area (Å²) in [4.78, 5) is 27.2. The third-order valence-electron chi connectivity index (χ3n) is 4.83. The van der Waals surface area contributed by atoms with Gasteiger partial charge in [-0.05, 0) is 58.9 Å². The molecule has 0 bridgehead atoms. The Bertz CT molecular complexity index is 456. The van der Waals surface area contributed by atoms with Crippen molar-refractivity contribution in [2.45, 2.75) is 58.1 Å². The van der Waals surface area contributed by atoms with E-state index in [0.29, 0.717) is 18.5 Å². The van der Waals surface area contributed by atoms with Crippen molar-refractivity contribution in [3.8, 4) is 0 Å². The lowest BCUT2D eigenvalue weighted by molar-refractivity contribution is -0.119. The van der Waals surface area contributed by atoms with Crippen molar-refractivity contribution in [2.24, 2.45) is 11.7 Å². The van der Waals surface area contributed by atoms with Crippen molar-refractivity contribution in [3.63, 3.8) is 0 Å². The topological polar surface area (TPSA) is 87.9 Å². The zero-order chi connectivity index (χ0) is 18.4. The van der Waals surface area contributed by atoms with Crippen molar-refractivity contribution in [1.29, 1.82) is 0 Å². The molecule has 1 unspecified atom stereocenters. The summed E-state index contributed by atoms with van der Waals surface area (Å²) in [5.41, 5.74) is 4.81. The predicted molar refractivity (Wildman–Crippen MR) is 97.2 cm³/mol. The van der Waals surface area contributed by atoms with Gasteiger partial charge in [0.05, 0.1) is 6.54 Å². The van der Waals surface area contributed by atoms with E-state index in [1.54, 1.807) is 0 Å². The first kappa shape index (κ1) is 20.0. The minimum absolute atomic E-state index is 0.197. The number of carbonyl (C=O) groups is 2. The zero-order valence-corrected chi connectivity index (χ0v) is 15.9. The van der Waals surface area contributed by atoms with Gasteiger partial charge in [-0.25, -0.2) is 4.79 Å². The maximum Gasteiger partial charge on any atom is 0.410 e. The van der Waals surface area contributed by atoms with Crippen LogP contribution in [0.4, 0.5) is 4.79 Å². The van der Waals surface area contributed by atoms with Crippen molar-refractivity contribution in [2.75, 3.05) is 39.3 Å². The second-order valence-electron chi connectivity index (χ2n) is 8.36. The lowest BCUT2D eigenvalue weighted by atomic mass is 9.97. The van der Waals surface area contributed by atoms with E-state index in [1.165, 1.54) is 0 Å². The first-order chi connectivity index (χ1) is 11.7. The van der Waals surface area contributed by atoms with Gasteiger partial charge in [0, 0.05) is 32.2 Å². The summed E-state index contributed by atoms with van der Waals surface area (Å²) in [6.07, 6.45) is 4.05. The molecule has 7 heteroatoms. The maximum absolute atomic E-state index is 12.2. The van der Waals surface area contributed by atoms with E-state index in [-0.39, 0.29) is 12.0 Å². The van der Waals surface area contributed by atoms with Crippen LogP contribution in [0, 0.1) is 5.92 Å². The van der Waals surface area contributed by atoms with Crippen molar-refractivity contribution in [1.82, 2.24) is 15.1 Å². The molecule has 0 aromatic rings. The maximum atomic E-state index is 12.2. The summed E-state index contributed by atoms with van der Waals surface area (Å²) in [7, 11) is 0.